The third-order valence-electron chi connectivity index (χ3n) is 3.16. The molecule has 112 valence electrons. The van der Waals surface area contributed by atoms with Gasteiger partial charge in [-0.2, -0.15) is 0 Å². The number of nitrogens with one attached hydrogen (secondary N) is 1. The van der Waals surface area contributed by atoms with E-state index in [4.69, 9.17) is 9.88 Å². The summed E-state index contributed by atoms with van der Waals surface area (Å²) in [5, 5.41) is 7.94. The van der Waals surface area contributed by atoms with E-state index in [1.54, 1.807) is 4.57 Å². The van der Waals surface area contributed by atoms with Crippen LogP contribution in [0.5, 0.6) is 0 Å². The van der Waals surface area contributed by atoms with Crippen molar-refractivity contribution < 1.29 is 17.9 Å². The number of sulfonamides is 1. The van der Waals surface area contributed by atoms with Gasteiger partial charge < -0.3 is 14.6 Å². The maximum atomic E-state index is 12.2. The van der Waals surface area contributed by atoms with Gasteiger partial charge in [-0.15, -0.1) is 0 Å². The molecule has 0 radical (unpaired) electrons. The molecule has 1 aromatic heterocycles. The normalized spacial score (nSPS) is 19.2. The van der Waals surface area contributed by atoms with Crippen LogP contribution in [0, 0.1) is 0 Å². The Labute approximate surface area is 118 Å². The Bertz CT molecular complexity index is 588. The molecule has 1 atom stereocenters. The van der Waals surface area contributed by atoms with Crippen molar-refractivity contribution in [2.24, 2.45) is 5.14 Å². The molecule has 2 heterocycles. The number of primary sulfonamides is 1. The zero-order valence-electron chi connectivity index (χ0n) is 11.3. The second kappa shape index (κ2) is 5.94. The molecule has 8 heteroatoms. The van der Waals surface area contributed by atoms with Crippen molar-refractivity contribution >= 4 is 15.9 Å². The minimum Gasteiger partial charge on any atom is -0.379 e. The molecule has 1 aliphatic heterocycles. The van der Waals surface area contributed by atoms with Gasteiger partial charge >= 0.3 is 0 Å². The van der Waals surface area contributed by atoms with Gasteiger partial charge in [0.2, 0.25) is 10.0 Å². The SMILES string of the molecule is CCCn1cc(S(N)(=O)=O)cc1C(=O)NC1CCOC1. The molecule has 0 bridgehead atoms. The molecule has 0 saturated carbocycles. The quantitative estimate of drug-likeness (QED) is 0.802. The van der Waals surface area contributed by atoms with Crippen LogP contribution in [0.4, 0.5) is 0 Å². The summed E-state index contributed by atoms with van der Waals surface area (Å²) < 4.78 is 29.6. The lowest BCUT2D eigenvalue weighted by Gasteiger charge is -2.12. The van der Waals surface area contributed by atoms with Crippen LogP contribution < -0.4 is 10.5 Å². The van der Waals surface area contributed by atoms with Crippen LogP contribution >= 0.6 is 0 Å². The minimum atomic E-state index is -3.81. The summed E-state index contributed by atoms with van der Waals surface area (Å²) in [5.74, 6) is -0.302. The van der Waals surface area contributed by atoms with Crippen LogP contribution in [0.15, 0.2) is 17.2 Å². The average molecular weight is 301 g/mol. The molecule has 1 saturated heterocycles. The summed E-state index contributed by atoms with van der Waals surface area (Å²) in [5.41, 5.74) is 0.308. The van der Waals surface area contributed by atoms with E-state index in [-0.39, 0.29) is 16.8 Å². The molecule has 0 aromatic carbocycles. The number of aryl methyl sites for hydroxylation is 1. The highest BCUT2D eigenvalue weighted by atomic mass is 32.2. The maximum Gasteiger partial charge on any atom is 0.268 e. The van der Waals surface area contributed by atoms with E-state index in [9.17, 15) is 13.2 Å². The largest absolute Gasteiger partial charge is 0.379 e. The first kappa shape index (κ1) is 15.0. The van der Waals surface area contributed by atoms with Crippen LogP contribution in [-0.4, -0.2) is 38.1 Å². The number of amides is 1. The smallest absolute Gasteiger partial charge is 0.268 e. The Morgan fingerprint density at radius 2 is 2.35 bits per heavy atom. The Balaban J connectivity index is 2.23. The molecular formula is C12H19N3O4S. The molecular weight excluding hydrogens is 282 g/mol. The number of hydrogen-bond acceptors (Lipinski definition) is 4. The number of nitrogens with zero attached hydrogens (tertiary/aromatic N) is 1. The van der Waals surface area contributed by atoms with E-state index in [1.807, 2.05) is 6.92 Å². The Kier molecular flexibility index (Phi) is 4.46. The van der Waals surface area contributed by atoms with Gasteiger partial charge in [-0.3, -0.25) is 4.79 Å². The molecule has 7 nitrogen and oxygen atoms in total. The first-order valence-electron chi connectivity index (χ1n) is 6.53. The summed E-state index contributed by atoms with van der Waals surface area (Å²) in [6.07, 6.45) is 2.95. The van der Waals surface area contributed by atoms with Crippen molar-refractivity contribution in [3.63, 3.8) is 0 Å². The lowest BCUT2D eigenvalue weighted by Crippen LogP contribution is -2.36. The highest BCUT2D eigenvalue weighted by Crippen LogP contribution is 2.15. The Hall–Kier alpha value is -1.38. The Morgan fingerprint density at radius 1 is 1.60 bits per heavy atom. The van der Waals surface area contributed by atoms with Crippen molar-refractivity contribution in [1.29, 1.82) is 0 Å². The van der Waals surface area contributed by atoms with Gasteiger partial charge in [-0.25, -0.2) is 13.6 Å². The predicted molar refractivity (Wildman–Crippen MR) is 72.8 cm³/mol. The number of carbonyl (C=O) groups excluding carboxylic acids is 1. The van der Waals surface area contributed by atoms with Crippen molar-refractivity contribution in [2.45, 2.75) is 37.2 Å². The van der Waals surface area contributed by atoms with Gasteiger partial charge in [0.25, 0.3) is 5.91 Å². The van der Waals surface area contributed by atoms with Gasteiger partial charge in [-0.1, -0.05) is 6.92 Å². The predicted octanol–water partition coefficient (Wildman–Crippen LogP) is 0.0642. The average Bonchev–Trinajstić information content (AvgIpc) is 2.97. The number of ether oxygens (including phenoxy) is 1. The van der Waals surface area contributed by atoms with Crippen LogP contribution in [0.25, 0.3) is 0 Å². The minimum absolute atomic E-state index is 0.0228. The van der Waals surface area contributed by atoms with Crippen molar-refractivity contribution in [3.05, 3.63) is 18.0 Å². The molecule has 1 aliphatic rings. The lowest BCUT2D eigenvalue weighted by molar-refractivity contribution is 0.0920. The monoisotopic (exact) mass is 301 g/mol. The fourth-order valence-corrected chi connectivity index (χ4v) is 2.71. The van der Waals surface area contributed by atoms with Crippen LogP contribution in [0.2, 0.25) is 0 Å². The van der Waals surface area contributed by atoms with Gasteiger partial charge in [0.15, 0.2) is 0 Å². The topological polar surface area (TPSA) is 103 Å². The first-order valence-corrected chi connectivity index (χ1v) is 8.08. The molecule has 3 N–H and O–H groups in total. The second-order valence-corrected chi connectivity index (χ2v) is 6.39. The third kappa shape index (κ3) is 3.38. The van der Waals surface area contributed by atoms with Crippen molar-refractivity contribution in [3.8, 4) is 0 Å². The molecule has 0 spiro atoms. The third-order valence-corrected chi connectivity index (χ3v) is 4.04. The molecule has 1 unspecified atom stereocenters. The molecule has 1 fully saturated rings. The number of nitrogens with two attached hydrogens (primary N) is 1. The molecule has 0 aliphatic carbocycles. The maximum absolute atomic E-state index is 12.2. The fourth-order valence-electron chi connectivity index (χ4n) is 2.16. The van der Waals surface area contributed by atoms with Gasteiger partial charge in [0, 0.05) is 19.3 Å². The van der Waals surface area contributed by atoms with E-state index in [1.165, 1.54) is 12.3 Å². The number of hydrogen-bond donors (Lipinski definition) is 2. The summed E-state index contributed by atoms with van der Waals surface area (Å²) >= 11 is 0. The summed E-state index contributed by atoms with van der Waals surface area (Å²) in [7, 11) is -3.81. The van der Waals surface area contributed by atoms with Crippen LogP contribution in [0.3, 0.4) is 0 Å². The van der Waals surface area contributed by atoms with Gasteiger partial charge in [0.05, 0.1) is 12.6 Å². The van der Waals surface area contributed by atoms with E-state index in [0.717, 1.165) is 12.8 Å². The zero-order chi connectivity index (χ0) is 14.8. The number of aromatic nitrogens is 1. The standard InChI is InChI=1S/C12H19N3O4S/c1-2-4-15-7-10(20(13,17)18)6-11(15)12(16)14-9-3-5-19-8-9/h6-7,9H,2-5,8H2,1H3,(H,14,16)(H2,13,17,18). The first-order chi connectivity index (χ1) is 9.41. The van der Waals surface area contributed by atoms with E-state index < -0.39 is 10.0 Å². The lowest BCUT2D eigenvalue weighted by atomic mass is 10.2. The zero-order valence-corrected chi connectivity index (χ0v) is 12.1. The molecule has 20 heavy (non-hydrogen) atoms. The molecule has 1 amide bonds. The number of carbonyl (C=O) groups is 1. The van der Waals surface area contributed by atoms with E-state index in [0.29, 0.717) is 25.5 Å². The summed E-state index contributed by atoms with van der Waals surface area (Å²) in [6.45, 7) is 3.62. The van der Waals surface area contributed by atoms with Crippen LogP contribution in [-0.2, 0) is 21.3 Å². The fraction of sp³-hybridized carbons (Fsp3) is 0.583. The summed E-state index contributed by atoms with van der Waals surface area (Å²) in [4.78, 5) is 12.2. The van der Waals surface area contributed by atoms with Gasteiger partial charge in [-0.05, 0) is 18.9 Å². The summed E-state index contributed by atoms with van der Waals surface area (Å²) in [6, 6.07) is 1.29. The Morgan fingerprint density at radius 3 is 2.90 bits per heavy atom. The van der Waals surface area contributed by atoms with Gasteiger partial charge in [0.1, 0.15) is 10.6 Å². The highest BCUT2D eigenvalue weighted by molar-refractivity contribution is 7.89. The van der Waals surface area contributed by atoms with E-state index >= 15 is 0 Å². The molecule has 2 rings (SSSR count). The number of rotatable bonds is 5. The highest BCUT2D eigenvalue weighted by Gasteiger charge is 2.22. The van der Waals surface area contributed by atoms with E-state index in [2.05, 4.69) is 5.32 Å². The van der Waals surface area contributed by atoms with Crippen molar-refractivity contribution in [2.75, 3.05) is 13.2 Å². The second-order valence-electron chi connectivity index (χ2n) is 4.83. The molecule has 1 aromatic rings. The van der Waals surface area contributed by atoms with Crippen LogP contribution in [0.1, 0.15) is 30.3 Å². The van der Waals surface area contributed by atoms with Crippen molar-refractivity contribution in [1.82, 2.24) is 9.88 Å².